The summed E-state index contributed by atoms with van der Waals surface area (Å²) in [5, 5.41) is 0. The largest absolute Gasteiger partial charge is 0.373 e. The average molecular weight is 395 g/mol. The fourth-order valence-corrected chi connectivity index (χ4v) is 5.47. The van der Waals surface area contributed by atoms with Crippen molar-refractivity contribution in [2.24, 2.45) is 0 Å². The molecule has 0 N–H and O–H groups in total. The third-order valence-electron chi connectivity index (χ3n) is 5.27. The Bertz CT molecular complexity index is 730. The second kappa shape index (κ2) is 8.71. The molecule has 0 aromatic heterocycles. The van der Waals surface area contributed by atoms with Gasteiger partial charge in [0.25, 0.3) is 5.91 Å². The van der Waals surface area contributed by atoms with Crippen molar-refractivity contribution in [1.29, 1.82) is 0 Å². The zero-order valence-corrected chi connectivity index (χ0v) is 17.1. The molecule has 0 spiro atoms. The molecule has 1 aromatic carbocycles. The van der Waals surface area contributed by atoms with Crippen LogP contribution in [0, 0.1) is 0 Å². The maximum absolute atomic E-state index is 12.9. The van der Waals surface area contributed by atoms with E-state index in [2.05, 4.69) is 0 Å². The molecule has 1 amide bonds. The van der Waals surface area contributed by atoms with Gasteiger partial charge in [0.1, 0.15) is 0 Å². The number of hydrogen-bond donors (Lipinski definition) is 0. The van der Waals surface area contributed by atoms with Crippen molar-refractivity contribution in [3.05, 3.63) is 29.8 Å². The van der Waals surface area contributed by atoms with E-state index in [4.69, 9.17) is 4.74 Å². The topological polar surface area (TPSA) is 66.9 Å². The van der Waals surface area contributed by atoms with Gasteiger partial charge in [-0.1, -0.05) is 19.3 Å². The van der Waals surface area contributed by atoms with Crippen molar-refractivity contribution in [2.75, 3.05) is 26.2 Å². The van der Waals surface area contributed by atoms with Crippen LogP contribution in [0.1, 0.15) is 56.3 Å². The van der Waals surface area contributed by atoms with E-state index in [1.807, 2.05) is 18.7 Å². The standard InChI is InChI=1S/C20H30N2O4S/c1-16-14-22(15-17(2)26-16)27(24,25)19-10-8-18(9-11-19)20(23)21-12-6-4-3-5-7-13-21/h8-11,16-17H,3-7,12-15H2,1-2H3. The van der Waals surface area contributed by atoms with Crippen LogP contribution in [-0.4, -0.2) is 61.9 Å². The highest BCUT2D eigenvalue weighted by Crippen LogP contribution is 2.22. The molecule has 6 nitrogen and oxygen atoms in total. The molecule has 2 aliphatic rings. The summed E-state index contributed by atoms with van der Waals surface area (Å²) in [6.45, 7) is 6.01. The lowest BCUT2D eigenvalue weighted by atomic mass is 10.1. The minimum absolute atomic E-state index is 0.00513. The number of nitrogens with zero attached hydrogens (tertiary/aromatic N) is 2. The lowest BCUT2D eigenvalue weighted by Crippen LogP contribution is -2.48. The number of rotatable bonds is 3. The van der Waals surface area contributed by atoms with Crippen LogP contribution in [0.4, 0.5) is 0 Å². The van der Waals surface area contributed by atoms with Crippen LogP contribution in [0.3, 0.4) is 0 Å². The quantitative estimate of drug-likeness (QED) is 0.791. The van der Waals surface area contributed by atoms with Gasteiger partial charge in [0.05, 0.1) is 17.1 Å². The predicted octanol–water partition coefficient (Wildman–Crippen LogP) is 2.89. The highest BCUT2D eigenvalue weighted by atomic mass is 32.2. The molecule has 3 rings (SSSR count). The van der Waals surface area contributed by atoms with E-state index in [1.165, 1.54) is 10.7 Å². The summed E-state index contributed by atoms with van der Waals surface area (Å²) >= 11 is 0. The van der Waals surface area contributed by atoms with Crippen LogP contribution in [0.5, 0.6) is 0 Å². The van der Waals surface area contributed by atoms with E-state index in [9.17, 15) is 13.2 Å². The second-order valence-electron chi connectivity index (χ2n) is 7.66. The minimum atomic E-state index is -3.58. The number of morpholine rings is 1. The lowest BCUT2D eigenvalue weighted by molar-refractivity contribution is -0.0440. The molecule has 27 heavy (non-hydrogen) atoms. The van der Waals surface area contributed by atoms with Gasteiger partial charge < -0.3 is 9.64 Å². The number of carbonyl (C=O) groups excluding carboxylic acids is 1. The predicted molar refractivity (Wildman–Crippen MR) is 104 cm³/mol. The Morgan fingerprint density at radius 1 is 0.926 bits per heavy atom. The van der Waals surface area contributed by atoms with Gasteiger partial charge in [-0.3, -0.25) is 4.79 Å². The van der Waals surface area contributed by atoms with Crippen LogP contribution in [0.25, 0.3) is 0 Å². The number of sulfonamides is 1. The van der Waals surface area contributed by atoms with Gasteiger partial charge in [-0.15, -0.1) is 0 Å². The Hall–Kier alpha value is -1.44. The van der Waals surface area contributed by atoms with Crippen LogP contribution < -0.4 is 0 Å². The van der Waals surface area contributed by atoms with Gasteiger partial charge in [0.2, 0.25) is 10.0 Å². The van der Waals surface area contributed by atoms with Crippen LogP contribution >= 0.6 is 0 Å². The first-order valence-electron chi connectivity index (χ1n) is 9.93. The zero-order valence-electron chi connectivity index (χ0n) is 16.3. The van der Waals surface area contributed by atoms with E-state index < -0.39 is 10.0 Å². The number of amides is 1. The molecular weight excluding hydrogens is 364 g/mol. The molecule has 0 aliphatic carbocycles. The summed E-state index contributed by atoms with van der Waals surface area (Å²) in [6.07, 6.45) is 5.38. The molecule has 7 heteroatoms. The average Bonchev–Trinajstić information content (AvgIpc) is 2.60. The smallest absolute Gasteiger partial charge is 0.253 e. The molecule has 2 saturated heterocycles. The number of hydrogen-bond acceptors (Lipinski definition) is 4. The Morgan fingerprint density at radius 2 is 1.44 bits per heavy atom. The first-order valence-corrected chi connectivity index (χ1v) is 11.4. The first kappa shape index (κ1) is 20.3. The molecule has 2 unspecified atom stereocenters. The maximum Gasteiger partial charge on any atom is 0.253 e. The van der Waals surface area contributed by atoms with Gasteiger partial charge in [0.15, 0.2) is 0 Å². The van der Waals surface area contributed by atoms with Gasteiger partial charge in [-0.2, -0.15) is 4.31 Å². The molecule has 1 aromatic rings. The Kier molecular flexibility index (Phi) is 6.55. The molecule has 2 aliphatic heterocycles. The molecular formula is C20H30N2O4S. The number of likely N-dealkylation sites (tertiary alicyclic amines) is 1. The summed E-state index contributed by atoms with van der Waals surface area (Å²) in [5.74, 6) is -0.00513. The first-order chi connectivity index (χ1) is 12.9. The fraction of sp³-hybridized carbons (Fsp3) is 0.650. The Morgan fingerprint density at radius 3 is 2.00 bits per heavy atom. The van der Waals surface area contributed by atoms with Gasteiger partial charge in [0, 0.05) is 31.7 Å². The summed E-state index contributed by atoms with van der Waals surface area (Å²) in [4.78, 5) is 14.9. The lowest BCUT2D eigenvalue weighted by Gasteiger charge is -2.34. The molecule has 2 fully saturated rings. The van der Waals surface area contributed by atoms with Crippen LogP contribution in [0.15, 0.2) is 29.2 Å². The minimum Gasteiger partial charge on any atom is -0.373 e. The maximum atomic E-state index is 12.9. The van der Waals surface area contributed by atoms with Gasteiger partial charge in [-0.05, 0) is 51.0 Å². The van der Waals surface area contributed by atoms with Crippen LogP contribution in [0.2, 0.25) is 0 Å². The highest BCUT2D eigenvalue weighted by molar-refractivity contribution is 7.89. The van der Waals surface area contributed by atoms with Gasteiger partial charge >= 0.3 is 0 Å². The number of ether oxygens (including phenoxy) is 1. The molecule has 2 heterocycles. The molecule has 150 valence electrons. The van der Waals surface area contributed by atoms with E-state index >= 15 is 0 Å². The molecule has 2 atom stereocenters. The number of benzene rings is 1. The van der Waals surface area contributed by atoms with Gasteiger partial charge in [-0.25, -0.2) is 8.42 Å². The van der Waals surface area contributed by atoms with E-state index in [0.717, 1.165) is 38.8 Å². The summed E-state index contributed by atoms with van der Waals surface area (Å²) < 4.78 is 32.9. The van der Waals surface area contributed by atoms with E-state index in [-0.39, 0.29) is 23.0 Å². The van der Waals surface area contributed by atoms with Crippen molar-refractivity contribution in [2.45, 2.75) is 63.1 Å². The van der Waals surface area contributed by atoms with Crippen molar-refractivity contribution < 1.29 is 17.9 Å². The van der Waals surface area contributed by atoms with Crippen molar-refractivity contribution in [3.8, 4) is 0 Å². The molecule has 0 saturated carbocycles. The zero-order chi connectivity index (χ0) is 19.4. The fourth-order valence-electron chi connectivity index (χ4n) is 3.88. The van der Waals surface area contributed by atoms with Crippen molar-refractivity contribution in [3.63, 3.8) is 0 Å². The summed E-state index contributed by atoms with van der Waals surface area (Å²) in [6, 6.07) is 6.39. The van der Waals surface area contributed by atoms with E-state index in [0.29, 0.717) is 18.7 Å². The SMILES string of the molecule is CC1CN(S(=O)(=O)c2ccc(C(=O)N3CCCCCCC3)cc2)CC(C)O1. The van der Waals surface area contributed by atoms with Crippen molar-refractivity contribution >= 4 is 15.9 Å². The third kappa shape index (κ3) is 4.89. The second-order valence-corrected chi connectivity index (χ2v) is 9.60. The Labute approximate surface area is 162 Å². The highest BCUT2D eigenvalue weighted by Gasteiger charge is 2.32. The summed E-state index contributed by atoms with van der Waals surface area (Å²) in [7, 11) is -3.58. The third-order valence-corrected chi connectivity index (χ3v) is 7.11. The monoisotopic (exact) mass is 394 g/mol. The van der Waals surface area contributed by atoms with E-state index in [1.54, 1.807) is 24.3 Å². The number of carbonyl (C=O) groups is 1. The summed E-state index contributed by atoms with van der Waals surface area (Å²) in [5.41, 5.74) is 0.554. The molecule has 0 radical (unpaired) electrons. The Balaban J connectivity index is 1.73. The normalized spacial score (nSPS) is 25.6. The van der Waals surface area contributed by atoms with Crippen LogP contribution in [-0.2, 0) is 14.8 Å². The molecule has 0 bridgehead atoms. The van der Waals surface area contributed by atoms with Crippen molar-refractivity contribution in [1.82, 2.24) is 9.21 Å².